The Morgan fingerprint density at radius 3 is 2.61 bits per heavy atom. The molecule has 1 amide bonds. The van der Waals surface area contributed by atoms with E-state index in [9.17, 15) is 4.79 Å². The molecule has 0 radical (unpaired) electrons. The number of rotatable bonds is 6. The van der Waals surface area contributed by atoms with Gasteiger partial charge >= 0.3 is 0 Å². The molecule has 1 saturated carbocycles. The van der Waals surface area contributed by atoms with Crippen LogP contribution < -0.4 is 9.47 Å². The standard InChI is InChI=1S/C19H27NO3/c1-20(14-15-7-5-4-6-8-15)19(21)12-9-16-13-17(22-2)10-11-18(16)23-3/h9-13,15H,4-8,14H2,1-3H3/b12-9+. The minimum atomic E-state index is 0.0282. The van der Waals surface area contributed by atoms with E-state index < -0.39 is 0 Å². The van der Waals surface area contributed by atoms with Gasteiger partial charge in [-0.25, -0.2) is 0 Å². The van der Waals surface area contributed by atoms with Gasteiger partial charge in [0.1, 0.15) is 11.5 Å². The molecule has 126 valence electrons. The maximum Gasteiger partial charge on any atom is 0.246 e. The molecule has 0 aromatic heterocycles. The summed E-state index contributed by atoms with van der Waals surface area (Å²) in [4.78, 5) is 14.1. The summed E-state index contributed by atoms with van der Waals surface area (Å²) in [7, 11) is 5.12. The zero-order valence-electron chi connectivity index (χ0n) is 14.4. The van der Waals surface area contributed by atoms with Gasteiger partial charge < -0.3 is 14.4 Å². The second kappa shape index (κ2) is 8.61. The van der Waals surface area contributed by atoms with Gasteiger partial charge in [-0.05, 0) is 43.0 Å². The molecule has 0 heterocycles. The number of hydrogen-bond donors (Lipinski definition) is 0. The number of methoxy groups -OCH3 is 2. The number of carbonyl (C=O) groups is 1. The van der Waals surface area contributed by atoms with Gasteiger partial charge in [0.15, 0.2) is 0 Å². The fourth-order valence-electron chi connectivity index (χ4n) is 3.10. The summed E-state index contributed by atoms with van der Waals surface area (Å²) in [5.74, 6) is 2.15. The van der Waals surface area contributed by atoms with E-state index in [-0.39, 0.29) is 5.91 Å². The van der Waals surface area contributed by atoms with Crippen molar-refractivity contribution in [2.45, 2.75) is 32.1 Å². The highest BCUT2D eigenvalue weighted by atomic mass is 16.5. The smallest absolute Gasteiger partial charge is 0.246 e. The molecule has 0 aliphatic heterocycles. The van der Waals surface area contributed by atoms with Gasteiger partial charge in [-0.2, -0.15) is 0 Å². The van der Waals surface area contributed by atoms with E-state index in [1.165, 1.54) is 32.1 Å². The molecule has 4 heteroatoms. The van der Waals surface area contributed by atoms with Gasteiger partial charge in [-0.3, -0.25) is 4.79 Å². The van der Waals surface area contributed by atoms with Gasteiger partial charge in [0.05, 0.1) is 14.2 Å². The Labute approximate surface area is 139 Å². The fourth-order valence-corrected chi connectivity index (χ4v) is 3.10. The molecule has 0 spiro atoms. The molecule has 0 bridgehead atoms. The minimum Gasteiger partial charge on any atom is -0.497 e. The second-order valence-corrected chi connectivity index (χ2v) is 6.16. The summed E-state index contributed by atoms with van der Waals surface area (Å²) in [6, 6.07) is 5.55. The van der Waals surface area contributed by atoms with E-state index in [0.717, 1.165) is 23.6 Å². The summed E-state index contributed by atoms with van der Waals surface area (Å²) in [6.45, 7) is 0.846. The van der Waals surface area contributed by atoms with Gasteiger partial charge in [-0.15, -0.1) is 0 Å². The molecular formula is C19H27NO3. The van der Waals surface area contributed by atoms with Crippen LogP contribution in [0.25, 0.3) is 6.08 Å². The zero-order chi connectivity index (χ0) is 16.7. The molecule has 1 aromatic rings. The lowest BCUT2D eigenvalue weighted by Crippen LogP contribution is -2.31. The van der Waals surface area contributed by atoms with E-state index in [1.54, 1.807) is 26.4 Å². The van der Waals surface area contributed by atoms with E-state index in [2.05, 4.69) is 0 Å². The van der Waals surface area contributed by atoms with Crippen molar-refractivity contribution in [3.05, 3.63) is 29.8 Å². The first-order valence-corrected chi connectivity index (χ1v) is 8.29. The summed E-state index contributed by atoms with van der Waals surface area (Å²) in [5.41, 5.74) is 0.839. The Balaban J connectivity index is 1.99. The van der Waals surface area contributed by atoms with E-state index in [4.69, 9.17) is 9.47 Å². The predicted octanol–water partition coefficient (Wildman–Crippen LogP) is 3.76. The molecule has 1 aromatic carbocycles. The van der Waals surface area contributed by atoms with Crippen molar-refractivity contribution in [3.8, 4) is 11.5 Å². The van der Waals surface area contributed by atoms with Crippen molar-refractivity contribution < 1.29 is 14.3 Å². The number of nitrogens with zero attached hydrogens (tertiary/aromatic N) is 1. The van der Waals surface area contributed by atoms with Gasteiger partial charge in [0.2, 0.25) is 5.91 Å². The molecule has 0 unspecified atom stereocenters. The first kappa shape index (κ1) is 17.4. The van der Waals surface area contributed by atoms with Crippen molar-refractivity contribution >= 4 is 12.0 Å². The van der Waals surface area contributed by atoms with Crippen molar-refractivity contribution in [1.82, 2.24) is 4.90 Å². The maximum absolute atomic E-state index is 12.3. The van der Waals surface area contributed by atoms with Crippen molar-refractivity contribution in [2.75, 3.05) is 27.8 Å². The molecule has 2 rings (SSSR count). The van der Waals surface area contributed by atoms with Crippen molar-refractivity contribution in [3.63, 3.8) is 0 Å². The molecule has 23 heavy (non-hydrogen) atoms. The SMILES string of the molecule is COc1ccc(OC)c(/C=C/C(=O)N(C)CC2CCCCC2)c1. The highest BCUT2D eigenvalue weighted by Crippen LogP contribution is 2.26. The van der Waals surface area contributed by atoms with Crippen LogP contribution >= 0.6 is 0 Å². The summed E-state index contributed by atoms with van der Waals surface area (Å²) >= 11 is 0. The number of likely N-dealkylation sites (N-methyl/N-ethyl adjacent to an activating group) is 1. The molecule has 0 saturated heterocycles. The number of amides is 1. The topological polar surface area (TPSA) is 38.8 Å². The second-order valence-electron chi connectivity index (χ2n) is 6.16. The van der Waals surface area contributed by atoms with Crippen molar-refractivity contribution in [1.29, 1.82) is 0 Å². The zero-order valence-corrected chi connectivity index (χ0v) is 14.4. The number of carbonyl (C=O) groups excluding carboxylic acids is 1. The Morgan fingerprint density at radius 2 is 1.96 bits per heavy atom. The number of ether oxygens (including phenoxy) is 2. The highest BCUT2D eigenvalue weighted by molar-refractivity contribution is 5.92. The van der Waals surface area contributed by atoms with Crippen LogP contribution in [0.15, 0.2) is 24.3 Å². The molecule has 1 aliphatic rings. The van der Waals surface area contributed by atoms with Crippen LogP contribution in [0.4, 0.5) is 0 Å². The average Bonchev–Trinajstić information content (AvgIpc) is 2.60. The highest BCUT2D eigenvalue weighted by Gasteiger charge is 2.17. The third-order valence-corrected chi connectivity index (χ3v) is 4.48. The minimum absolute atomic E-state index is 0.0282. The van der Waals surface area contributed by atoms with E-state index in [0.29, 0.717) is 5.92 Å². The monoisotopic (exact) mass is 317 g/mol. The van der Waals surface area contributed by atoms with Crippen LogP contribution in [0, 0.1) is 5.92 Å². The van der Waals surface area contributed by atoms with Gasteiger partial charge in [0, 0.05) is 25.2 Å². The summed E-state index contributed by atoms with van der Waals surface area (Å²) in [5, 5.41) is 0. The quantitative estimate of drug-likeness (QED) is 0.750. The fraction of sp³-hybridized carbons (Fsp3) is 0.526. The van der Waals surface area contributed by atoms with Crippen molar-refractivity contribution in [2.24, 2.45) is 5.92 Å². The van der Waals surface area contributed by atoms with Crippen LogP contribution in [0.2, 0.25) is 0 Å². The van der Waals surface area contributed by atoms with E-state index >= 15 is 0 Å². The molecule has 0 atom stereocenters. The Hall–Kier alpha value is -1.97. The van der Waals surface area contributed by atoms with Gasteiger partial charge in [0.25, 0.3) is 0 Å². The lowest BCUT2D eigenvalue weighted by Gasteiger charge is -2.26. The molecule has 0 N–H and O–H groups in total. The Bertz CT molecular complexity index is 548. The first-order chi connectivity index (χ1) is 11.1. The van der Waals surface area contributed by atoms with Crippen LogP contribution in [-0.2, 0) is 4.79 Å². The number of hydrogen-bond acceptors (Lipinski definition) is 3. The van der Waals surface area contributed by atoms with Crippen LogP contribution in [0.5, 0.6) is 11.5 Å². The van der Waals surface area contributed by atoms with Crippen LogP contribution in [-0.4, -0.2) is 38.6 Å². The van der Waals surface area contributed by atoms with Gasteiger partial charge in [-0.1, -0.05) is 19.3 Å². The summed E-state index contributed by atoms with van der Waals surface area (Å²) < 4.78 is 10.6. The normalized spacial score (nSPS) is 15.6. The maximum atomic E-state index is 12.3. The molecular weight excluding hydrogens is 290 g/mol. The number of benzene rings is 1. The molecule has 1 aliphatic carbocycles. The molecule has 4 nitrogen and oxygen atoms in total. The van der Waals surface area contributed by atoms with Crippen LogP contribution in [0.1, 0.15) is 37.7 Å². The van der Waals surface area contributed by atoms with E-state index in [1.807, 2.05) is 30.1 Å². The third-order valence-electron chi connectivity index (χ3n) is 4.48. The third kappa shape index (κ3) is 5.02. The lowest BCUT2D eigenvalue weighted by atomic mass is 9.89. The molecule has 1 fully saturated rings. The predicted molar refractivity (Wildman–Crippen MR) is 92.8 cm³/mol. The Morgan fingerprint density at radius 1 is 1.22 bits per heavy atom. The largest absolute Gasteiger partial charge is 0.497 e. The Kier molecular flexibility index (Phi) is 6.51. The first-order valence-electron chi connectivity index (χ1n) is 8.29. The van der Waals surface area contributed by atoms with Crippen LogP contribution in [0.3, 0.4) is 0 Å². The average molecular weight is 317 g/mol. The summed E-state index contributed by atoms with van der Waals surface area (Å²) in [6.07, 6.45) is 9.81. The lowest BCUT2D eigenvalue weighted by molar-refractivity contribution is -0.125.